The molecule has 3 aromatic heterocycles. The van der Waals surface area contributed by atoms with Crippen molar-refractivity contribution < 1.29 is 13.9 Å². The molecule has 0 radical (unpaired) electrons. The van der Waals surface area contributed by atoms with E-state index in [-0.39, 0.29) is 12.4 Å². The molecule has 5 nitrogen and oxygen atoms in total. The van der Waals surface area contributed by atoms with E-state index in [2.05, 4.69) is 9.97 Å². The van der Waals surface area contributed by atoms with Gasteiger partial charge in [0.15, 0.2) is 5.76 Å². The minimum Gasteiger partial charge on any atom is -0.469 e. The third-order valence-corrected chi connectivity index (χ3v) is 5.02. The van der Waals surface area contributed by atoms with Crippen LogP contribution in [0.3, 0.4) is 0 Å². The molecule has 0 aliphatic rings. The van der Waals surface area contributed by atoms with Crippen molar-refractivity contribution in [1.29, 1.82) is 0 Å². The number of rotatable bonds is 4. The van der Waals surface area contributed by atoms with Gasteiger partial charge in [-0.05, 0) is 24.3 Å². The monoisotopic (exact) mass is 372 g/mol. The second-order valence-electron chi connectivity index (χ2n) is 5.42. The predicted molar refractivity (Wildman–Crippen MR) is 97.8 cm³/mol. The Balaban J connectivity index is 1.81. The number of nitrogens with one attached hydrogen (secondary N) is 1. The van der Waals surface area contributed by atoms with Crippen molar-refractivity contribution in [2.24, 2.45) is 0 Å². The van der Waals surface area contributed by atoms with Gasteiger partial charge in [0, 0.05) is 10.9 Å². The maximum absolute atomic E-state index is 11.7. The van der Waals surface area contributed by atoms with Gasteiger partial charge in [0.2, 0.25) is 5.89 Å². The highest BCUT2D eigenvalue weighted by Gasteiger charge is 2.21. The molecule has 0 bridgehead atoms. The van der Waals surface area contributed by atoms with Crippen LogP contribution in [-0.2, 0) is 16.0 Å². The lowest BCUT2D eigenvalue weighted by molar-refractivity contribution is -0.139. The molecule has 0 atom stereocenters. The first-order valence-electron chi connectivity index (χ1n) is 7.54. The number of hydrogen-bond acceptors (Lipinski definition) is 5. The SMILES string of the molecule is COC(=O)Cc1nc(-c2cc3ccccc3[nH]2)oc1-c1ccc(Cl)s1. The number of methoxy groups -OCH3 is 1. The Morgan fingerprint density at radius 3 is 2.88 bits per heavy atom. The zero-order valence-electron chi connectivity index (χ0n) is 13.2. The van der Waals surface area contributed by atoms with Gasteiger partial charge in [-0.3, -0.25) is 4.79 Å². The summed E-state index contributed by atoms with van der Waals surface area (Å²) >= 11 is 7.40. The van der Waals surface area contributed by atoms with Crippen molar-refractivity contribution >= 4 is 39.8 Å². The number of ether oxygens (including phenoxy) is 1. The number of aromatic nitrogens is 2. The molecule has 0 aliphatic heterocycles. The van der Waals surface area contributed by atoms with Crippen LogP contribution in [0.1, 0.15) is 5.69 Å². The first-order chi connectivity index (χ1) is 12.1. The van der Waals surface area contributed by atoms with E-state index in [1.807, 2.05) is 36.4 Å². The number of esters is 1. The number of para-hydroxylation sites is 1. The molecule has 126 valence electrons. The van der Waals surface area contributed by atoms with E-state index in [1.165, 1.54) is 18.4 Å². The molecule has 25 heavy (non-hydrogen) atoms. The van der Waals surface area contributed by atoms with Crippen molar-refractivity contribution in [3.63, 3.8) is 0 Å². The number of carbonyl (C=O) groups excluding carboxylic acids is 1. The molecule has 0 saturated carbocycles. The Labute approximate surface area is 152 Å². The van der Waals surface area contributed by atoms with Crippen LogP contribution < -0.4 is 0 Å². The molecule has 4 rings (SSSR count). The minimum atomic E-state index is -0.375. The van der Waals surface area contributed by atoms with Crippen LogP contribution >= 0.6 is 22.9 Å². The summed E-state index contributed by atoms with van der Waals surface area (Å²) in [6, 6.07) is 13.5. The number of thiophene rings is 1. The van der Waals surface area contributed by atoms with Crippen LogP contribution in [0.4, 0.5) is 0 Å². The summed E-state index contributed by atoms with van der Waals surface area (Å²) in [5.74, 6) is 0.589. The van der Waals surface area contributed by atoms with Crippen molar-refractivity contribution in [3.05, 3.63) is 52.5 Å². The molecular weight excluding hydrogens is 360 g/mol. The average molecular weight is 373 g/mol. The van der Waals surface area contributed by atoms with Gasteiger partial charge in [0.25, 0.3) is 0 Å². The molecule has 0 amide bonds. The molecule has 4 aromatic rings. The van der Waals surface area contributed by atoms with Crippen molar-refractivity contribution in [2.45, 2.75) is 6.42 Å². The third-order valence-electron chi connectivity index (χ3n) is 3.79. The van der Waals surface area contributed by atoms with Gasteiger partial charge >= 0.3 is 5.97 Å². The molecule has 0 unspecified atom stereocenters. The van der Waals surface area contributed by atoms with Gasteiger partial charge in [0.05, 0.1) is 28.4 Å². The van der Waals surface area contributed by atoms with Crippen molar-refractivity contribution in [3.8, 4) is 22.2 Å². The average Bonchev–Trinajstić information content (AvgIpc) is 3.31. The highest BCUT2D eigenvalue weighted by atomic mass is 35.5. The summed E-state index contributed by atoms with van der Waals surface area (Å²) < 4.78 is 11.4. The molecule has 0 saturated heterocycles. The second kappa shape index (κ2) is 6.38. The third kappa shape index (κ3) is 3.06. The van der Waals surface area contributed by atoms with Gasteiger partial charge < -0.3 is 14.1 Å². The molecule has 3 heterocycles. The van der Waals surface area contributed by atoms with E-state index in [0.717, 1.165) is 21.5 Å². The Morgan fingerprint density at radius 2 is 2.16 bits per heavy atom. The van der Waals surface area contributed by atoms with E-state index in [4.69, 9.17) is 20.8 Å². The summed E-state index contributed by atoms with van der Waals surface area (Å²) in [5, 5.41) is 1.06. The van der Waals surface area contributed by atoms with E-state index in [1.54, 1.807) is 6.07 Å². The van der Waals surface area contributed by atoms with Gasteiger partial charge in [-0.2, -0.15) is 0 Å². The van der Waals surface area contributed by atoms with Crippen LogP contribution in [0.5, 0.6) is 0 Å². The van der Waals surface area contributed by atoms with Gasteiger partial charge in [-0.15, -0.1) is 11.3 Å². The lowest BCUT2D eigenvalue weighted by Crippen LogP contribution is -2.05. The van der Waals surface area contributed by atoms with Crippen LogP contribution in [0.15, 0.2) is 46.9 Å². The normalized spacial score (nSPS) is 11.1. The van der Waals surface area contributed by atoms with E-state index in [0.29, 0.717) is 21.7 Å². The van der Waals surface area contributed by atoms with Crippen molar-refractivity contribution in [1.82, 2.24) is 9.97 Å². The lowest BCUT2D eigenvalue weighted by atomic mass is 10.2. The summed E-state index contributed by atoms with van der Waals surface area (Å²) in [6.45, 7) is 0. The van der Waals surface area contributed by atoms with Crippen molar-refractivity contribution in [2.75, 3.05) is 7.11 Å². The number of nitrogens with zero attached hydrogens (tertiary/aromatic N) is 1. The predicted octanol–water partition coefficient (Wildman–Crippen LogP) is 4.92. The molecule has 1 N–H and O–H groups in total. The Kier molecular flexibility index (Phi) is 4.07. The Bertz CT molecular complexity index is 1030. The molecular formula is C18H13ClN2O3S. The van der Waals surface area contributed by atoms with E-state index >= 15 is 0 Å². The number of fused-ring (bicyclic) bond motifs is 1. The smallest absolute Gasteiger partial charge is 0.311 e. The number of carbonyl (C=O) groups is 1. The number of oxazole rings is 1. The molecule has 0 fully saturated rings. The Hall–Kier alpha value is -2.57. The van der Waals surface area contributed by atoms with Crippen LogP contribution in [0.25, 0.3) is 33.1 Å². The number of hydrogen-bond donors (Lipinski definition) is 1. The highest BCUT2D eigenvalue weighted by molar-refractivity contribution is 7.19. The topological polar surface area (TPSA) is 68.1 Å². The zero-order chi connectivity index (χ0) is 17.4. The quantitative estimate of drug-likeness (QED) is 0.516. The standard InChI is InChI=1S/C18H13ClN2O3S/c1-23-16(22)9-12-17(14-6-7-15(19)25-14)24-18(21-12)13-8-10-4-2-3-5-11(10)20-13/h2-8,20H,9H2,1H3. The zero-order valence-corrected chi connectivity index (χ0v) is 14.8. The van der Waals surface area contributed by atoms with Gasteiger partial charge in [0.1, 0.15) is 5.69 Å². The number of aromatic amines is 1. The first kappa shape index (κ1) is 15.9. The molecule has 0 spiro atoms. The lowest BCUT2D eigenvalue weighted by Gasteiger charge is -1.97. The van der Waals surface area contributed by atoms with Crippen LogP contribution in [0.2, 0.25) is 4.34 Å². The Morgan fingerprint density at radius 1 is 1.32 bits per heavy atom. The fourth-order valence-electron chi connectivity index (χ4n) is 2.61. The van der Waals surface area contributed by atoms with Gasteiger partial charge in [-0.25, -0.2) is 4.98 Å². The molecule has 1 aromatic carbocycles. The van der Waals surface area contributed by atoms with E-state index < -0.39 is 0 Å². The molecule has 7 heteroatoms. The maximum atomic E-state index is 11.7. The number of halogens is 1. The maximum Gasteiger partial charge on any atom is 0.311 e. The van der Waals surface area contributed by atoms with E-state index in [9.17, 15) is 4.79 Å². The minimum absolute atomic E-state index is 0.0328. The molecule has 0 aliphatic carbocycles. The number of benzene rings is 1. The summed E-state index contributed by atoms with van der Waals surface area (Å²) in [5.41, 5.74) is 2.27. The highest BCUT2D eigenvalue weighted by Crippen LogP contribution is 2.36. The van der Waals surface area contributed by atoms with Gasteiger partial charge in [-0.1, -0.05) is 29.8 Å². The van der Waals surface area contributed by atoms with Crippen LogP contribution in [-0.4, -0.2) is 23.0 Å². The fraction of sp³-hybridized carbons (Fsp3) is 0.111. The summed E-state index contributed by atoms with van der Waals surface area (Å²) in [7, 11) is 1.35. The largest absolute Gasteiger partial charge is 0.469 e. The first-order valence-corrected chi connectivity index (χ1v) is 8.74. The summed E-state index contributed by atoms with van der Waals surface area (Å²) in [6.07, 6.45) is 0.0328. The second-order valence-corrected chi connectivity index (χ2v) is 7.14. The summed E-state index contributed by atoms with van der Waals surface area (Å²) in [4.78, 5) is 20.3. The number of H-pyrrole nitrogens is 1. The van der Waals surface area contributed by atoms with Crippen LogP contribution in [0, 0.1) is 0 Å². The fourth-order valence-corrected chi connectivity index (χ4v) is 3.66.